The molecule has 1 aliphatic carbocycles. The molecule has 1 saturated carbocycles. The molecule has 0 aliphatic heterocycles. The van der Waals surface area contributed by atoms with Crippen molar-refractivity contribution in [1.82, 2.24) is 9.97 Å². The molecule has 100 valence electrons. The smallest absolute Gasteiger partial charge is 0.182 e. The summed E-state index contributed by atoms with van der Waals surface area (Å²) in [7, 11) is 0. The summed E-state index contributed by atoms with van der Waals surface area (Å²) in [5.74, 6) is 0.592. The molecular weight excluding hydrogens is 248 g/mol. The predicted molar refractivity (Wildman–Crippen MR) is 77.0 cm³/mol. The number of aromatic nitrogens is 2. The first kappa shape index (κ1) is 12.6. The van der Waals surface area contributed by atoms with Gasteiger partial charge in [0.1, 0.15) is 6.07 Å². The molecule has 0 unspecified atom stereocenters. The van der Waals surface area contributed by atoms with E-state index in [2.05, 4.69) is 45.6 Å². The first-order valence-electron chi connectivity index (χ1n) is 6.80. The van der Waals surface area contributed by atoms with Crippen LogP contribution < -0.4 is 5.32 Å². The van der Waals surface area contributed by atoms with E-state index in [-0.39, 0.29) is 0 Å². The van der Waals surface area contributed by atoms with Crippen LogP contribution in [-0.2, 0) is 6.42 Å². The van der Waals surface area contributed by atoms with Crippen LogP contribution in [0.1, 0.15) is 24.1 Å². The Morgan fingerprint density at radius 2 is 1.90 bits per heavy atom. The Labute approximate surface area is 118 Å². The van der Waals surface area contributed by atoms with Gasteiger partial charge in [0.25, 0.3) is 0 Å². The van der Waals surface area contributed by atoms with Crippen molar-refractivity contribution < 1.29 is 0 Å². The van der Waals surface area contributed by atoms with Crippen molar-refractivity contribution >= 4 is 5.82 Å². The first-order chi connectivity index (χ1) is 9.81. The van der Waals surface area contributed by atoms with Crippen molar-refractivity contribution in [2.75, 3.05) is 11.9 Å². The van der Waals surface area contributed by atoms with E-state index in [9.17, 15) is 0 Å². The summed E-state index contributed by atoms with van der Waals surface area (Å²) in [5.41, 5.74) is 2.04. The molecule has 0 spiro atoms. The second kappa shape index (κ2) is 5.30. The highest BCUT2D eigenvalue weighted by atomic mass is 15.0. The van der Waals surface area contributed by atoms with Crippen LogP contribution in [0.3, 0.4) is 0 Å². The third-order valence-electron chi connectivity index (χ3n) is 3.81. The quantitative estimate of drug-likeness (QED) is 0.902. The maximum absolute atomic E-state index is 9.01. The van der Waals surface area contributed by atoms with Gasteiger partial charge in [-0.25, -0.2) is 9.97 Å². The summed E-state index contributed by atoms with van der Waals surface area (Å²) in [6.45, 7) is 0.843. The van der Waals surface area contributed by atoms with Gasteiger partial charge in [-0.05, 0) is 30.2 Å². The van der Waals surface area contributed by atoms with Crippen LogP contribution >= 0.6 is 0 Å². The van der Waals surface area contributed by atoms with Gasteiger partial charge >= 0.3 is 0 Å². The SMILES string of the molecule is N#Cc1nccnc1NCC1(Cc2ccccc2)CC1. The highest BCUT2D eigenvalue weighted by Crippen LogP contribution is 2.48. The molecule has 1 aromatic heterocycles. The normalized spacial score (nSPS) is 15.3. The molecule has 0 amide bonds. The molecule has 0 atom stereocenters. The van der Waals surface area contributed by atoms with Crippen LogP contribution in [0, 0.1) is 16.7 Å². The molecule has 3 rings (SSSR count). The van der Waals surface area contributed by atoms with Crippen molar-refractivity contribution in [2.24, 2.45) is 5.41 Å². The van der Waals surface area contributed by atoms with Crippen LogP contribution in [0.25, 0.3) is 0 Å². The molecule has 1 N–H and O–H groups in total. The highest BCUT2D eigenvalue weighted by Gasteiger charge is 2.42. The minimum absolute atomic E-state index is 0.311. The maximum atomic E-state index is 9.01. The van der Waals surface area contributed by atoms with E-state index < -0.39 is 0 Å². The van der Waals surface area contributed by atoms with E-state index >= 15 is 0 Å². The summed E-state index contributed by atoms with van der Waals surface area (Å²) in [4.78, 5) is 8.21. The standard InChI is InChI=1S/C16H16N4/c17-11-14-15(19-9-8-18-14)20-12-16(6-7-16)10-13-4-2-1-3-5-13/h1-5,8-9H,6-7,10,12H2,(H,19,20). The van der Waals surface area contributed by atoms with E-state index in [0.717, 1.165) is 13.0 Å². The van der Waals surface area contributed by atoms with Crippen LogP contribution in [-0.4, -0.2) is 16.5 Å². The second-order valence-corrected chi connectivity index (χ2v) is 5.38. The Bertz CT molecular complexity index is 626. The minimum atomic E-state index is 0.311. The number of anilines is 1. The third-order valence-corrected chi connectivity index (χ3v) is 3.81. The lowest BCUT2D eigenvalue weighted by atomic mass is 9.96. The van der Waals surface area contributed by atoms with Crippen molar-refractivity contribution in [3.05, 3.63) is 54.0 Å². The molecule has 1 aromatic carbocycles. The average Bonchev–Trinajstić information content (AvgIpc) is 3.26. The maximum Gasteiger partial charge on any atom is 0.182 e. The Balaban J connectivity index is 1.65. The van der Waals surface area contributed by atoms with Gasteiger partial charge in [0.2, 0.25) is 0 Å². The lowest BCUT2D eigenvalue weighted by Gasteiger charge is -2.16. The minimum Gasteiger partial charge on any atom is -0.367 e. The zero-order valence-electron chi connectivity index (χ0n) is 11.2. The summed E-state index contributed by atoms with van der Waals surface area (Å²) in [5, 5.41) is 12.3. The zero-order valence-corrected chi connectivity index (χ0v) is 11.2. The Kier molecular flexibility index (Phi) is 3.34. The van der Waals surface area contributed by atoms with Gasteiger partial charge in [0.15, 0.2) is 11.5 Å². The molecule has 0 radical (unpaired) electrons. The Morgan fingerprint density at radius 3 is 2.60 bits per heavy atom. The third kappa shape index (κ3) is 2.77. The molecule has 0 saturated heterocycles. The number of nitriles is 1. The van der Waals surface area contributed by atoms with Crippen molar-refractivity contribution in [3.8, 4) is 6.07 Å². The number of nitrogens with zero attached hydrogens (tertiary/aromatic N) is 3. The second-order valence-electron chi connectivity index (χ2n) is 5.38. The Hall–Kier alpha value is -2.41. The van der Waals surface area contributed by atoms with E-state index in [0.29, 0.717) is 16.9 Å². The molecule has 4 nitrogen and oxygen atoms in total. The average molecular weight is 264 g/mol. The van der Waals surface area contributed by atoms with Gasteiger partial charge in [0, 0.05) is 18.9 Å². The van der Waals surface area contributed by atoms with Crippen LogP contribution in [0.2, 0.25) is 0 Å². The first-order valence-corrected chi connectivity index (χ1v) is 6.80. The van der Waals surface area contributed by atoms with Crippen molar-refractivity contribution in [1.29, 1.82) is 5.26 Å². The predicted octanol–water partition coefficient (Wildman–Crippen LogP) is 2.78. The van der Waals surface area contributed by atoms with E-state index in [1.807, 2.05) is 6.07 Å². The number of hydrogen-bond donors (Lipinski definition) is 1. The fourth-order valence-corrected chi connectivity index (χ4v) is 2.44. The summed E-state index contributed by atoms with van der Waals surface area (Å²) >= 11 is 0. The van der Waals surface area contributed by atoms with Gasteiger partial charge in [-0.15, -0.1) is 0 Å². The molecule has 0 bridgehead atoms. The van der Waals surface area contributed by atoms with Gasteiger partial charge in [-0.2, -0.15) is 5.26 Å². The Morgan fingerprint density at radius 1 is 1.15 bits per heavy atom. The molecule has 4 heteroatoms. The molecular formula is C16H16N4. The van der Waals surface area contributed by atoms with E-state index in [1.165, 1.54) is 18.4 Å². The fourth-order valence-electron chi connectivity index (χ4n) is 2.44. The zero-order chi connectivity index (χ0) is 13.8. The largest absolute Gasteiger partial charge is 0.367 e. The number of benzene rings is 1. The fraction of sp³-hybridized carbons (Fsp3) is 0.312. The van der Waals surface area contributed by atoms with Gasteiger partial charge in [0.05, 0.1) is 0 Å². The van der Waals surface area contributed by atoms with Gasteiger partial charge < -0.3 is 5.32 Å². The lowest BCUT2D eigenvalue weighted by Crippen LogP contribution is -2.19. The van der Waals surface area contributed by atoms with E-state index in [4.69, 9.17) is 5.26 Å². The van der Waals surface area contributed by atoms with Crippen LogP contribution in [0.5, 0.6) is 0 Å². The van der Waals surface area contributed by atoms with Crippen LogP contribution in [0.4, 0.5) is 5.82 Å². The molecule has 20 heavy (non-hydrogen) atoms. The topological polar surface area (TPSA) is 61.6 Å². The number of nitrogens with one attached hydrogen (secondary N) is 1. The van der Waals surface area contributed by atoms with E-state index in [1.54, 1.807) is 12.4 Å². The van der Waals surface area contributed by atoms with Gasteiger partial charge in [-0.3, -0.25) is 0 Å². The lowest BCUT2D eigenvalue weighted by molar-refractivity contribution is 0.537. The summed E-state index contributed by atoms with van der Waals surface area (Å²) in [6, 6.07) is 12.6. The van der Waals surface area contributed by atoms with Gasteiger partial charge in [-0.1, -0.05) is 30.3 Å². The molecule has 2 aromatic rings. The number of rotatable bonds is 5. The molecule has 1 fully saturated rings. The highest BCUT2D eigenvalue weighted by molar-refractivity contribution is 5.47. The van der Waals surface area contributed by atoms with Crippen molar-refractivity contribution in [2.45, 2.75) is 19.3 Å². The van der Waals surface area contributed by atoms with Crippen LogP contribution in [0.15, 0.2) is 42.7 Å². The number of hydrogen-bond acceptors (Lipinski definition) is 4. The summed E-state index contributed by atoms with van der Waals surface area (Å²) < 4.78 is 0. The molecule has 1 heterocycles. The van der Waals surface area contributed by atoms with Crippen molar-refractivity contribution in [3.63, 3.8) is 0 Å². The molecule has 1 aliphatic rings. The summed E-state index contributed by atoms with van der Waals surface area (Å²) in [6.07, 6.45) is 6.66. The monoisotopic (exact) mass is 264 g/mol.